The van der Waals surface area contributed by atoms with Crippen molar-refractivity contribution < 1.29 is 19.1 Å². The third-order valence-corrected chi connectivity index (χ3v) is 6.00. The molecule has 3 aliphatic carbocycles. The molecule has 0 aromatic rings. The summed E-state index contributed by atoms with van der Waals surface area (Å²) in [5, 5.41) is 0. The first-order valence-corrected chi connectivity index (χ1v) is 7.98. The van der Waals surface area contributed by atoms with Crippen LogP contribution < -0.4 is 0 Å². The van der Waals surface area contributed by atoms with Crippen molar-refractivity contribution in [3.8, 4) is 0 Å². The fourth-order valence-electron chi connectivity index (χ4n) is 5.30. The molecular formula is C17H24O4. The minimum atomic E-state index is -0.385. The largest absolute Gasteiger partial charge is 0.465 e. The highest BCUT2D eigenvalue weighted by Gasteiger charge is 2.60. The van der Waals surface area contributed by atoms with Gasteiger partial charge in [-0.05, 0) is 55.8 Å². The van der Waals surface area contributed by atoms with Crippen LogP contribution in [0.3, 0.4) is 0 Å². The van der Waals surface area contributed by atoms with E-state index in [4.69, 9.17) is 9.47 Å². The summed E-state index contributed by atoms with van der Waals surface area (Å²) in [6.07, 6.45) is 7.32. The van der Waals surface area contributed by atoms with Crippen LogP contribution in [-0.2, 0) is 19.1 Å². The van der Waals surface area contributed by atoms with Crippen LogP contribution in [-0.4, -0.2) is 25.2 Å². The van der Waals surface area contributed by atoms with E-state index in [1.807, 2.05) is 0 Å². The van der Waals surface area contributed by atoms with Crippen molar-refractivity contribution in [1.82, 2.24) is 0 Å². The molecule has 0 aromatic heterocycles. The van der Waals surface area contributed by atoms with E-state index in [0.29, 0.717) is 19.1 Å². The van der Waals surface area contributed by atoms with Crippen LogP contribution in [0.15, 0.2) is 12.7 Å². The second kappa shape index (κ2) is 5.47. The van der Waals surface area contributed by atoms with Gasteiger partial charge in [0.2, 0.25) is 0 Å². The van der Waals surface area contributed by atoms with Crippen molar-refractivity contribution in [3.05, 3.63) is 12.7 Å². The molecule has 4 nitrogen and oxygen atoms in total. The molecule has 0 radical (unpaired) electrons. The van der Waals surface area contributed by atoms with E-state index in [1.54, 1.807) is 0 Å². The van der Waals surface area contributed by atoms with E-state index in [9.17, 15) is 9.59 Å². The van der Waals surface area contributed by atoms with Crippen LogP contribution in [0.25, 0.3) is 0 Å². The van der Waals surface area contributed by atoms with Gasteiger partial charge < -0.3 is 9.47 Å². The third kappa shape index (κ3) is 2.49. The van der Waals surface area contributed by atoms with Gasteiger partial charge >= 0.3 is 11.9 Å². The van der Waals surface area contributed by atoms with Crippen molar-refractivity contribution in [3.63, 3.8) is 0 Å². The van der Waals surface area contributed by atoms with E-state index in [1.165, 1.54) is 38.7 Å². The maximum atomic E-state index is 11.5. The zero-order chi connectivity index (χ0) is 15.0. The Morgan fingerprint density at radius 3 is 2.62 bits per heavy atom. The van der Waals surface area contributed by atoms with Gasteiger partial charge in [-0.25, -0.2) is 4.79 Å². The van der Waals surface area contributed by atoms with Crippen LogP contribution in [0.4, 0.5) is 0 Å². The maximum Gasteiger partial charge on any atom is 0.330 e. The van der Waals surface area contributed by atoms with Gasteiger partial charge in [0.05, 0.1) is 0 Å². The Morgan fingerprint density at radius 2 is 1.90 bits per heavy atom. The van der Waals surface area contributed by atoms with Crippen molar-refractivity contribution in [1.29, 1.82) is 0 Å². The predicted molar refractivity (Wildman–Crippen MR) is 77.3 cm³/mol. The quantitative estimate of drug-likeness (QED) is 0.577. The molecule has 5 unspecified atom stereocenters. The molecule has 0 spiro atoms. The molecule has 3 rings (SSSR count). The van der Waals surface area contributed by atoms with Gasteiger partial charge in [-0.15, -0.1) is 0 Å². The molecule has 5 atom stereocenters. The van der Waals surface area contributed by atoms with Gasteiger partial charge in [0.1, 0.15) is 13.2 Å². The fraction of sp³-hybridized carbons (Fsp3) is 0.765. The normalized spacial score (nSPS) is 39.9. The minimum Gasteiger partial charge on any atom is -0.465 e. The van der Waals surface area contributed by atoms with Crippen LogP contribution in [0.1, 0.15) is 39.0 Å². The van der Waals surface area contributed by atoms with Gasteiger partial charge in [0, 0.05) is 18.4 Å². The highest BCUT2D eigenvalue weighted by atomic mass is 16.5. The Balaban J connectivity index is 1.77. The van der Waals surface area contributed by atoms with Crippen LogP contribution in [0.5, 0.6) is 0 Å². The lowest BCUT2D eigenvalue weighted by Gasteiger charge is -2.38. The van der Waals surface area contributed by atoms with Crippen molar-refractivity contribution in [2.75, 3.05) is 13.2 Å². The number of carbonyl (C=O) groups excluding carboxylic acids is 2. The smallest absolute Gasteiger partial charge is 0.330 e. The molecule has 3 aliphatic rings. The summed E-state index contributed by atoms with van der Waals surface area (Å²) >= 11 is 0. The van der Waals surface area contributed by atoms with Crippen LogP contribution in [0.2, 0.25) is 0 Å². The number of esters is 2. The lowest BCUT2D eigenvalue weighted by molar-refractivity contribution is -0.153. The number of carbonyl (C=O) groups is 2. The van der Waals surface area contributed by atoms with Gasteiger partial charge in [0.25, 0.3) is 0 Å². The van der Waals surface area contributed by atoms with E-state index < -0.39 is 0 Å². The van der Waals surface area contributed by atoms with Gasteiger partial charge in [-0.1, -0.05) is 6.58 Å². The summed E-state index contributed by atoms with van der Waals surface area (Å²) in [4.78, 5) is 22.7. The lowest BCUT2D eigenvalue weighted by atomic mass is 9.69. The number of ether oxygens (including phenoxy) is 2. The zero-order valence-electron chi connectivity index (χ0n) is 12.7. The van der Waals surface area contributed by atoms with Crippen molar-refractivity contribution in [2.45, 2.75) is 39.0 Å². The van der Waals surface area contributed by atoms with E-state index in [0.717, 1.165) is 24.2 Å². The summed E-state index contributed by atoms with van der Waals surface area (Å²) in [7, 11) is 0. The van der Waals surface area contributed by atoms with Gasteiger partial charge in [0.15, 0.2) is 0 Å². The summed E-state index contributed by atoms with van der Waals surface area (Å²) < 4.78 is 10.7. The lowest BCUT2D eigenvalue weighted by Crippen LogP contribution is -2.41. The minimum absolute atomic E-state index is 0.172. The fourth-order valence-corrected chi connectivity index (χ4v) is 5.30. The van der Waals surface area contributed by atoms with Gasteiger partial charge in [-0.3, -0.25) is 4.79 Å². The van der Waals surface area contributed by atoms with Gasteiger partial charge in [-0.2, -0.15) is 0 Å². The molecule has 2 bridgehead atoms. The highest BCUT2D eigenvalue weighted by molar-refractivity contribution is 5.81. The first kappa shape index (κ1) is 14.6. The number of fused-ring (bicyclic) bond motifs is 5. The van der Waals surface area contributed by atoms with Crippen molar-refractivity contribution in [2.24, 2.45) is 29.1 Å². The van der Waals surface area contributed by atoms with Crippen molar-refractivity contribution >= 4 is 11.9 Å². The topological polar surface area (TPSA) is 52.6 Å². The van der Waals surface area contributed by atoms with Crippen LogP contribution >= 0.6 is 0 Å². The highest BCUT2D eigenvalue weighted by Crippen LogP contribution is 2.65. The molecule has 0 saturated heterocycles. The van der Waals surface area contributed by atoms with E-state index >= 15 is 0 Å². The molecular weight excluding hydrogens is 268 g/mol. The third-order valence-electron chi connectivity index (χ3n) is 6.00. The number of hydrogen-bond donors (Lipinski definition) is 0. The average molecular weight is 292 g/mol. The maximum absolute atomic E-state index is 11.5. The van der Waals surface area contributed by atoms with E-state index in [-0.39, 0.29) is 17.4 Å². The molecule has 116 valence electrons. The first-order valence-electron chi connectivity index (χ1n) is 7.98. The molecule has 3 fully saturated rings. The Labute approximate surface area is 125 Å². The Kier molecular flexibility index (Phi) is 3.80. The molecule has 3 saturated carbocycles. The number of rotatable bonds is 5. The second-order valence-corrected chi connectivity index (χ2v) is 7.02. The molecule has 0 aromatic carbocycles. The second-order valence-electron chi connectivity index (χ2n) is 7.02. The summed E-state index contributed by atoms with van der Waals surface area (Å²) in [6.45, 7) is 5.63. The Hall–Kier alpha value is -1.32. The number of hydrogen-bond acceptors (Lipinski definition) is 4. The Morgan fingerprint density at radius 1 is 1.19 bits per heavy atom. The summed E-state index contributed by atoms with van der Waals surface area (Å²) in [6, 6.07) is 0. The monoisotopic (exact) mass is 292 g/mol. The van der Waals surface area contributed by atoms with E-state index in [2.05, 4.69) is 6.58 Å². The average Bonchev–Trinajstić information content (AvgIpc) is 3.15. The zero-order valence-corrected chi connectivity index (χ0v) is 12.7. The SMILES string of the molecule is C=CC(=O)OCC1(COC(C)=O)CCC2C3CCC(C3)C21. The van der Waals surface area contributed by atoms with Crippen LogP contribution in [0, 0.1) is 29.1 Å². The standard InChI is InChI=1S/C17H24O4/c1-3-15(19)21-10-17(9-20-11(2)18)7-6-14-12-4-5-13(8-12)16(14)17/h3,12-14,16H,1,4-10H2,2H3. The molecule has 0 amide bonds. The summed E-state index contributed by atoms with van der Waals surface area (Å²) in [5.41, 5.74) is -0.172. The Bertz CT molecular complexity index is 458. The molecule has 0 heterocycles. The summed E-state index contributed by atoms with van der Waals surface area (Å²) in [5.74, 6) is 2.21. The first-order chi connectivity index (χ1) is 10.1. The molecule has 21 heavy (non-hydrogen) atoms. The molecule has 4 heteroatoms. The molecule has 0 N–H and O–H groups in total. The predicted octanol–water partition coefficient (Wildman–Crippen LogP) is 2.72. The molecule has 0 aliphatic heterocycles.